The lowest BCUT2D eigenvalue weighted by atomic mass is 10.1. The summed E-state index contributed by atoms with van der Waals surface area (Å²) in [6, 6.07) is 3.71. The zero-order valence-electron chi connectivity index (χ0n) is 8.14. The van der Waals surface area contributed by atoms with Crippen molar-refractivity contribution in [3.8, 4) is 0 Å². The average molecular weight is 235 g/mol. The molecule has 0 aliphatic carbocycles. The molecule has 15 heavy (non-hydrogen) atoms. The maximum Gasteiger partial charge on any atom is 0.272 e. The summed E-state index contributed by atoms with van der Waals surface area (Å²) in [4.78, 5) is 10.1. The molecule has 1 aromatic carbocycles. The molecule has 0 aliphatic rings. The number of benzene rings is 1. The Balaban J connectivity index is 0.00000196. The molecule has 0 amide bonds. The first kappa shape index (κ1) is 13.8. The van der Waals surface area contributed by atoms with Crippen molar-refractivity contribution >= 4 is 18.1 Å². The van der Waals surface area contributed by atoms with Crippen LogP contribution >= 0.6 is 12.4 Å². The lowest BCUT2D eigenvalue weighted by molar-refractivity contribution is -0.385. The van der Waals surface area contributed by atoms with Crippen LogP contribution in [0, 0.1) is 17.0 Å². The highest BCUT2D eigenvalue weighted by Crippen LogP contribution is 2.22. The average Bonchev–Trinajstić information content (AvgIpc) is 2.17. The van der Waals surface area contributed by atoms with Crippen molar-refractivity contribution in [2.45, 2.75) is 13.0 Å². The summed E-state index contributed by atoms with van der Waals surface area (Å²) in [5.74, 6) is 0. The minimum absolute atomic E-state index is 0. The van der Waals surface area contributed by atoms with Gasteiger partial charge < -0.3 is 5.73 Å². The summed E-state index contributed by atoms with van der Waals surface area (Å²) in [6.45, 7) is 0.906. The number of rotatable bonds is 3. The Bertz CT molecular complexity index is 360. The molecule has 0 aliphatic heterocycles. The number of aryl methyl sites for hydroxylation is 1. The molecule has 0 bridgehead atoms. The fraction of sp³-hybridized carbons (Fsp3) is 0.333. The van der Waals surface area contributed by atoms with Gasteiger partial charge in [0.05, 0.1) is 11.0 Å². The highest BCUT2D eigenvalue weighted by molar-refractivity contribution is 5.85. The van der Waals surface area contributed by atoms with Gasteiger partial charge in [-0.2, -0.15) is 0 Å². The van der Waals surface area contributed by atoms with Crippen molar-refractivity contribution in [3.05, 3.63) is 39.4 Å². The van der Waals surface area contributed by atoms with E-state index in [0.717, 1.165) is 0 Å². The molecule has 0 heterocycles. The molecule has 0 radical (unpaired) electrons. The predicted octanol–water partition coefficient (Wildman–Crippen LogP) is 2.29. The van der Waals surface area contributed by atoms with E-state index in [4.69, 9.17) is 5.73 Å². The van der Waals surface area contributed by atoms with Crippen LogP contribution in [-0.4, -0.2) is 11.6 Å². The van der Waals surface area contributed by atoms with Crippen LogP contribution in [0.5, 0.6) is 0 Å². The number of nitro benzene ring substituents is 1. The summed E-state index contributed by atoms with van der Waals surface area (Å²) in [6.07, 6.45) is 0. The van der Waals surface area contributed by atoms with E-state index in [9.17, 15) is 14.5 Å². The van der Waals surface area contributed by atoms with E-state index in [1.165, 1.54) is 6.07 Å². The Morgan fingerprint density at radius 3 is 2.67 bits per heavy atom. The first-order valence-electron chi connectivity index (χ1n) is 4.12. The zero-order valence-corrected chi connectivity index (χ0v) is 8.96. The molecular formula is C9H12ClFN2O2. The van der Waals surface area contributed by atoms with E-state index >= 15 is 0 Å². The van der Waals surface area contributed by atoms with Gasteiger partial charge in [0, 0.05) is 11.6 Å². The molecule has 0 fully saturated rings. The molecule has 0 aromatic heterocycles. The summed E-state index contributed by atoms with van der Waals surface area (Å²) < 4.78 is 12.2. The summed E-state index contributed by atoms with van der Waals surface area (Å²) in [5.41, 5.74) is 6.39. The van der Waals surface area contributed by atoms with Gasteiger partial charge in [0.1, 0.15) is 6.67 Å². The Hall–Kier alpha value is -1.20. The maximum atomic E-state index is 12.2. The van der Waals surface area contributed by atoms with Gasteiger partial charge in [-0.25, -0.2) is 4.39 Å². The van der Waals surface area contributed by atoms with Gasteiger partial charge in [0.25, 0.3) is 5.69 Å². The summed E-state index contributed by atoms with van der Waals surface area (Å²) >= 11 is 0. The quantitative estimate of drug-likeness (QED) is 0.644. The number of alkyl halides is 1. The van der Waals surface area contributed by atoms with Gasteiger partial charge >= 0.3 is 0 Å². The largest absolute Gasteiger partial charge is 0.322 e. The first-order valence-corrected chi connectivity index (χ1v) is 4.12. The van der Waals surface area contributed by atoms with Crippen LogP contribution in [0.4, 0.5) is 10.1 Å². The molecule has 1 rings (SSSR count). The first-order chi connectivity index (χ1) is 6.56. The third kappa shape index (κ3) is 3.14. The van der Waals surface area contributed by atoms with Crippen molar-refractivity contribution in [1.29, 1.82) is 0 Å². The molecule has 0 unspecified atom stereocenters. The number of nitro groups is 1. The molecule has 1 aromatic rings. The van der Waals surface area contributed by atoms with Crippen molar-refractivity contribution in [2.75, 3.05) is 6.67 Å². The van der Waals surface area contributed by atoms with Gasteiger partial charge in [-0.3, -0.25) is 10.1 Å². The molecule has 4 nitrogen and oxygen atoms in total. The van der Waals surface area contributed by atoms with E-state index < -0.39 is 17.6 Å². The Labute approximate surface area is 92.8 Å². The normalized spacial score (nSPS) is 11.7. The topological polar surface area (TPSA) is 69.2 Å². The molecule has 84 valence electrons. The van der Waals surface area contributed by atoms with Crippen molar-refractivity contribution in [3.63, 3.8) is 0 Å². The van der Waals surface area contributed by atoms with Crippen molar-refractivity contribution in [1.82, 2.24) is 0 Å². The predicted molar refractivity (Wildman–Crippen MR) is 58.0 cm³/mol. The second kappa shape index (κ2) is 5.63. The molecule has 1 atom stereocenters. The third-order valence-electron chi connectivity index (χ3n) is 2.02. The Morgan fingerprint density at radius 2 is 2.20 bits per heavy atom. The van der Waals surface area contributed by atoms with E-state index in [-0.39, 0.29) is 18.1 Å². The molecule has 0 saturated heterocycles. The lowest BCUT2D eigenvalue weighted by Crippen LogP contribution is -2.12. The van der Waals surface area contributed by atoms with Gasteiger partial charge in [0.15, 0.2) is 0 Å². The van der Waals surface area contributed by atoms with E-state index in [1.807, 2.05) is 0 Å². The van der Waals surface area contributed by atoms with Crippen LogP contribution in [0.1, 0.15) is 17.2 Å². The highest BCUT2D eigenvalue weighted by Gasteiger charge is 2.14. The van der Waals surface area contributed by atoms with Gasteiger partial charge in [-0.15, -0.1) is 12.4 Å². The number of nitrogens with two attached hydrogens (primary N) is 1. The third-order valence-corrected chi connectivity index (χ3v) is 2.02. The zero-order chi connectivity index (χ0) is 10.7. The van der Waals surface area contributed by atoms with Crippen LogP contribution in [0.25, 0.3) is 0 Å². The second-order valence-corrected chi connectivity index (χ2v) is 3.06. The molecular weight excluding hydrogens is 223 g/mol. The van der Waals surface area contributed by atoms with Crippen LogP contribution in [-0.2, 0) is 0 Å². The molecule has 0 spiro atoms. The molecule has 0 saturated carbocycles. The molecule has 2 N–H and O–H groups in total. The van der Waals surface area contributed by atoms with Crippen LogP contribution in [0.2, 0.25) is 0 Å². The van der Waals surface area contributed by atoms with E-state index in [2.05, 4.69) is 0 Å². The maximum absolute atomic E-state index is 12.2. The van der Waals surface area contributed by atoms with Crippen molar-refractivity contribution in [2.24, 2.45) is 5.73 Å². The monoisotopic (exact) mass is 234 g/mol. The van der Waals surface area contributed by atoms with Crippen molar-refractivity contribution < 1.29 is 9.31 Å². The van der Waals surface area contributed by atoms with Gasteiger partial charge in [-0.05, 0) is 12.5 Å². The van der Waals surface area contributed by atoms with E-state index in [0.29, 0.717) is 11.1 Å². The van der Waals surface area contributed by atoms with Crippen LogP contribution in [0.3, 0.4) is 0 Å². The fourth-order valence-electron chi connectivity index (χ4n) is 1.14. The lowest BCUT2D eigenvalue weighted by Gasteiger charge is -2.07. The number of hydrogen-bond donors (Lipinski definition) is 1. The Kier molecular flexibility index (Phi) is 5.18. The SMILES string of the molecule is Cc1ccc([C@H](N)CF)cc1[N+](=O)[O-].Cl. The fourth-order valence-corrected chi connectivity index (χ4v) is 1.14. The van der Waals surface area contributed by atoms with Crippen LogP contribution < -0.4 is 5.73 Å². The van der Waals surface area contributed by atoms with E-state index in [1.54, 1.807) is 19.1 Å². The summed E-state index contributed by atoms with van der Waals surface area (Å²) in [7, 11) is 0. The van der Waals surface area contributed by atoms with Gasteiger partial charge in [0.2, 0.25) is 0 Å². The minimum atomic E-state index is -0.783. The number of nitrogens with zero attached hydrogens (tertiary/aromatic N) is 1. The molecule has 6 heteroatoms. The van der Waals surface area contributed by atoms with Gasteiger partial charge in [-0.1, -0.05) is 12.1 Å². The number of halogens is 2. The highest BCUT2D eigenvalue weighted by atomic mass is 35.5. The smallest absolute Gasteiger partial charge is 0.272 e. The standard InChI is InChI=1S/C9H11FN2O2.ClH/c1-6-2-3-7(8(11)5-10)4-9(6)12(13)14;/h2-4,8H,5,11H2,1H3;1H/t8-;/m1./s1. The second-order valence-electron chi connectivity index (χ2n) is 3.06. The van der Waals surface area contributed by atoms with Crippen LogP contribution in [0.15, 0.2) is 18.2 Å². The number of hydrogen-bond acceptors (Lipinski definition) is 3. The minimum Gasteiger partial charge on any atom is -0.322 e. The summed E-state index contributed by atoms with van der Waals surface area (Å²) in [5, 5.41) is 10.6. The Morgan fingerprint density at radius 1 is 1.60 bits per heavy atom.